The van der Waals surface area contributed by atoms with Gasteiger partial charge in [0.2, 0.25) is 0 Å². The Kier molecular flexibility index (Phi) is 4.04. The Balaban J connectivity index is 2.38. The quantitative estimate of drug-likeness (QED) is 0.815. The SMILES string of the molecule is Cc1ccc(Br)c(C(=O)Nc2c(N)ccc(F)c2F)c1. The lowest BCUT2D eigenvalue weighted by Gasteiger charge is -2.11. The van der Waals surface area contributed by atoms with Gasteiger partial charge in [-0.15, -0.1) is 0 Å². The van der Waals surface area contributed by atoms with Crippen LogP contribution in [0.5, 0.6) is 0 Å². The van der Waals surface area contributed by atoms with Crippen LogP contribution in [0.15, 0.2) is 34.8 Å². The minimum absolute atomic E-state index is 0.0407. The highest BCUT2D eigenvalue weighted by Gasteiger charge is 2.17. The predicted octanol–water partition coefficient (Wildman–Crippen LogP) is 3.87. The van der Waals surface area contributed by atoms with Crippen molar-refractivity contribution in [2.75, 3.05) is 11.1 Å². The monoisotopic (exact) mass is 340 g/mol. The average molecular weight is 341 g/mol. The summed E-state index contributed by atoms with van der Waals surface area (Å²) in [6.45, 7) is 1.82. The van der Waals surface area contributed by atoms with E-state index < -0.39 is 17.5 Å². The number of nitrogen functional groups attached to an aromatic ring is 1. The van der Waals surface area contributed by atoms with Crippen molar-refractivity contribution in [3.05, 3.63) is 57.6 Å². The Morgan fingerprint density at radius 1 is 1.25 bits per heavy atom. The third-order valence-corrected chi connectivity index (χ3v) is 3.42. The van der Waals surface area contributed by atoms with Gasteiger partial charge >= 0.3 is 0 Å². The van der Waals surface area contributed by atoms with Crippen molar-refractivity contribution in [3.63, 3.8) is 0 Å². The minimum Gasteiger partial charge on any atom is -0.397 e. The first-order valence-electron chi connectivity index (χ1n) is 5.71. The van der Waals surface area contributed by atoms with Crippen LogP contribution in [0.1, 0.15) is 15.9 Å². The highest BCUT2D eigenvalue weighted by molar-refractivity contribution is 9.10. The summed E-state index contributed by atoms with van der Waals surface area (Å²) in [5.74, 6) is -2.82. The number of anilines is 2. The molecule has 104 valence electrons. The molecule has 0 heterocycles. The zero-order chi connectivity index (χ0) is 14.9. The molecule has 0 aromatic heterocycles. The molecular formula is C14H11BrF2N2O. The minimum atomic E-state index is -1.18. The zero-order valence-corrected chi connectivity index (χ0v) is 12.1. The van der Waals surface area contributed by atoms with Crippen LogP contribution in [0.2, 0.25) is 0 Å². The van der Waals surface area contributed by atoms with Crippen LogP contribution in [-0.2, 0) is 0 Å². The maximum atomic E-state index is 13.6. The lowest BCUT2D eigenvalue weighted by atomic mass is 10.1. The molecule has 2 aromatic rings. The molecule has 20 heavy (non-hydrogen) atoms. The Morgan fingerprint density at radius 3 is 2.65 bits per heavy atom. The van der Waals surface area contributed by atoms with E-state index in [-0.39, 0.29) is 11.4 Å². The molecule has 0 fully saturated rings. The first-order chi connectivity index (χ1) is 9.40. The van der Waals surface area contributed by atoms with Crippen LogP contribution >= 0.6 is 15.9 Å². The van der Waals surface area contributed by atoms with Crippen LogP contribution in [0.25, 0.3) is 0 Å². The standard InChI is InChI=1S/C14H11BrF2N2O/c1-7-2-3-9(15)8(6-7)14(20)19-13-11(18)5-4-10(16)12(13)17/h2-6H,18H2,1H3,(H,19,20). The van der Waals surface area contributed by atoms with Crippen molar-refractivity contribution in [2.24, 2.45) is 0 Å². The van der Waals surface area contributed by atoms with Gasteiger partial charge in [-0.1, -0.05) is 11.6 Å². The van der Waals surface area contributed by atoms with Gasteiger partial charge in [-0.05, 0) is 47.1 Å². The molecule has 2 rings (SSSR count). The molecule has 1 amide bonds. The van der Waals surface area contributed by atoms with Gasteiger partial charge in [-0.25, -0.2) is 8.78 Å². The number of amides is 1. The normalized spacial score (nSPS) is 10.4. The third-order valence-electron chi connectivity index (χ3n) is 2.73. The van der Waals surface area contributed by atoms with Gasteiger partial charge in [0, 0.05) is 4.47 Å². The van der Waals surface area contributed by atoms with Crippen LogP contribution < -0.4 is 11.1 Å². The molecule has 0 atom stereocenters. The van der Waals surface area contributed by atoms with Crippen LogP contribution in [-0.4, -0.2) is 5.91 Å². The number of rotatable bonds is 2. The first kappa shape index (κ1) is 14.5. The third kappa shape index (κ3) is 2.80. The summed E-state index contributed by atoms with van der Waals surface area (Å²) in [4.78, 5) is 12.1. The van der Waals surface area contributed by atoms with E-state index in [4.69, 9.17) is 5.73 Å². The second kappa shape index (κ2) is 5.58. The van der Waals surface area contributed by atoms with Crippen molar-refractivity contribution in [1.82, 2.24) is 0 Å². The number of hydrogen-bond acceptors (Lipinski definition) is 2. The summed E-state index contributed by atoms with van der Waals surface area (Å²) < 4.78 is 27.4. The van der Waals surface area contributed by atoms with Crippen molar-refractivity contribution in [2.45, 2.75) is 6.92 Å². The Bertz CT molecular complexity index is 689. The summed E-state index contributed by atoms with van der Waals surface area (Å²) in [5.41, 5.74) is 6.33. The second-order valence-corrected chi connectivity index (χ2v) is 5.12. The zero-order valence-electron chi connectivity index (χ0n) is 10.5. The Labute approximate surface area is 122 Å². The number of halogens is 3. The summed E-state index contributed by atoms with van der Waals surface area (Å²) in [6, 6.07) is 7.25. The Morgan fingerprint density at radius 2 is 1.95 bits per heavy atom. The lowest BCUT2D eigenvalue weighted by molar-refractivity contribution is 0.102. The molecule has 3 nitrogen and oxygen atoms in total. The van der Waals surface area contributed by atoms with Crippen molar-refractivity contribution >= 4 is 33.2 Å². The molecule has 0 aliphatic heterocycles. The maximum absolute atomic E-state index is 13.6. The van der Waals surface area contributed by atoms with Crippen molar-refractivity contribution in [1.29, 1.82) is 0 Å². The van der Waals surface area contributed by atoms with Crippen molar-refractivity contribution in [3.8, 4) is 0 Å². The molecule has 0 bridgehead atoms. The molecule has 0 saturated heterocycles. The number of aryl methyl sites for hydroxylation is 1. The fourth-order valence-corrected chi connectivity index (χ4v) is 2.11. The van der Waals surface area contributed by atoms with E-state index in [9.17, 15) is 13.6 Å². The largest absolute Gasteiger partial charge is 0.397 e. The molecule has 0 saturated carbocycles. The molecule has 3 N–H and O–H groups in total. The van der Waals surface area contributed by atoms with Gasteiger partial charge in [0.25, 0.3) is 5.91 Å². The summed E-state index contributed by atoms with van der Waals surface area (Å²) >= 11 is 3.24. The summed E-state index contributed by atoms with van der Waals surface area (Å²) in [7, 11) is 0. The fourth-order valence-electron chi connectivity index (χ4n) is 1.69. The molecule has 0 spiro atoms. The number of nitrogens with two attached hydrogens (primary N) is 1. The van der Waals surface area contributed by atoms with Gasteiger partial charge < -0.3 is 11.1 Å². The topological polar surface area (TPSA) is 55.1 Å². The van der Waals surface area contributed by atoms with Gasteiger partial charge in [0.15, 0.2) is 11.6 Å². The number of nitrogens with one attached hydrogen (secondary N) is 1. The van der Waals surface area contributed by atoms with Gasteiger partial charge in [0.1, 0.15) is 5.69 Å². The Hall–Kier alpha value is -1.95. The van der Waals surface area contributed by atoms with E-state index in [0.29, 0.717) is 10.0 Å². The average Bonchev–Trinajstić information content (AvgIpc) is 2.41. The highest BCUT2D eigenvalue weighted by Crippen LogP contribution is 2.26. The van der Waals surface area contributed by atoms with E-state index in [1.54, 1.807) is 12.1 Å². The van der Waals surface area contributed by atoms with E-state index >= 15 is 0 Å². The fraction of sp³-hybridized carbons (Fsp3) is 0.0714. The predicted molar refractivity (Wildman–Crippen MR) is 77.6 cm³/mol. The molecule has 0 unspecified atom stereocenters. The van der Waals surface area contributed by atoms with E-state index in [2.05, 4.69) is 21.2 Å². The van der Waals surface area contributed by atoms with E-state index in [0.717, 1.165) is 11.6 Å². The number of carbonyl (C=O) groups is 1. The summed E-state index contributed by atoms with van der Waals surface area (Å²) in [6.07, 6.45) is 0. The lowest BCUT2D eigenvalue weighted by Crippen LogP contribution is -2.15. The molecule has 0 aliphatic rings. The maximum Gasteiger partial charge on any atom is 0.256 e. The molecule has 0 radical (unpaired) electrons. The molecule has 2 aromatic carbocycles. The number of benzene rings is 2. The second-order valence-electron chi connectivity index (χ2n) is 4.26. The van der Waals surface area contributed by atoms with Gasteiger partial charge in [0.05, 0.1) is 11.3 Å². The van der Waals surface area contributed by atoms with E-state index in [1.807, 2.05) is 13.0 Å². The summed E-state index contributed by atoms with van der Waals surface area (Å²) in [5, 5.41) is 2.29. The number of carbonyl (C=O) groups excluding carboxylic acids is 1. The number of hydrogen-bond donors (Lipinski definition) is 2. The molecule has 0 aliphatic carbocycles. The van der Waals surface area contributed by atoms with Crippen LogP contribution in [0.3, 0.4) is 0 Å². The molecule has 6 heteroatoms. The van der Waals surface area contributed by atoms with Crippen LogP contribution in [0.4, 0.5) is 20.2 Å². The van der Waals surface area contributed by atoms with Gasteiger partial charge in [-0.2, -0.15) is 0 Å². The van der Waals surface area contributed by atoms with Crippen molar-refractivity contribution < 1.29 is 13.6 Å². The molecular weight excluding hydrogens is 330 g/mol. The van der Waals surface area contributed by atoms with Crippen LogP contribution in [0, 0.1) is 18.6 Å². The highest BCUT2D eigenvalue weighted by atomic mass is 79.9. The van der Waals surface area contributed by atoms with E-state index in [1.165, 1.54) is 6.07 Å². The smallest absolute Gasteiger partial charge is 0.256 e. The van der Waals surface area contributed by atoms with Gasteiger partial charge in [-0.3, -0.25) is 4.79 Å². The first-order valence-corrected chi connectivity index (χ1v) is 6.50.